The minimum atomic E-state index is 0.300. The summed E-state index contributed by atoms with van der Waals surface area (Å²) < 4.78 is 0. The minimum absolute atomic E-state index is 0.300. The minimum Gasteiger partial charge on any atom is -0.396 e. The number of aliphatic hydroxyl groups is 1. The molecule has 1 aromatic heterocycles. The zero-order valence-electron chi connectivity index (χ0n) is 7.79. The van der Waals surface area contributed by atoms with E-state index in [4.69, 9.17) is 5.11 Å². The first-order valence-corrected chi connectivity index (χ1v) is 5.51. The van der Waals surface area contributed by atoms with Gasteiger partial charge in [-0.25, -0.2) is 0 Å². The number of hydrogen-bond donors (Lipinski definition) is 2. The molecule has 2 unspecified atom stereocenters. The Morgan fingerprint density at radius 3 is 3.00 bits per heavy atom. The molecule has 1 aliphatic heterocycles. The Labute approximate surface area is 82.6 Å². The van der Waals surface area contributed by atoms with Crippen molar-refractivity contribution in [2.24, 2.45) is 5.92 Å². The molecule has 0 amide bonds. The number of rotatable bonds is 2. The summed E-state index contributed by atoms with van der Waals surface area (Å²) in [6.45, 7) is 4.41. The Hall–Kier alpha value is -0.380. The molecule has 0 aliphatic carbocycles. The highest BCUT2D eigenvalue weighted by atomic mass is 32.1. The van der Waals surface area contributed by atoms with Crippen molar-refractivity contribution in [2.45, 2.75) is 12.8 Å². The fraction of sp³-hybridized carbons (Fsp3) is 0.600. The van der Waals surface area contributed by atoms with Gasteiger partial charge < -0.3 is 10.4 Å². The molecule has 0 saturated carbocycles. The van der Waals surface area contributed by atoms with Gasteiger partial charge in [0.1, 0.15) is 0 Å². The van der Waals surface area contributed by atoms with Gasteiger partial charge >= 0.3 is 0 Å². The third-order valence-electron chi connectivity index (χ3n) is 2.70. The van der Waals surface area contributed by atoms with Gasteiger partial charge in [0, 0.05) is 41.3 Å². The summed E-state index contributed by atoms with van der Waals surface area (Å²) in [5.41, 5.74) is 0. The average molecular weight is 197 g/mol. The van der Waals surface area contributed by atoms with Crippen LogP contribution >= 0.6 is 11.3 Å². The van der Waals surface area contributed by atoms with Gasteiger partial charge in [0.15, 0.2) is 0 Å². The van der Waals surface area contributed by atoms with Crippen LogP contribution in [0.2, 0.25) is 0 Å². The summed E-state index contributed by atoms with van der Waals surface area (Å²) in [6.07, 6.45) is 0. The van der Waals surface area contributed by atoms with Gasteiger partial charge in [-0.3, -0.25) is 0 Å². The van der Waals surface area contributed by atoms with E-state index >= 15 is 0 Å². The molecule has 2 heterocycles. The van der Waals surface area contributed by atoms with Gasteiger partial charge in [-0.2, -0.15) is 0 Å². The molecular formula is C10H15NOS. The van der Waals surface area contributed by atoms with Gasteiger partial charge in [0.25, 0.3) is 0 Å². The quantitative estimate of drug-likeness (QED) is 0.750. The fourth-order valence-corrected chi connectivity index (χ4v) is 2.98. The van der Waals surface area contributed by atoms with Gasteiger partial charge in [0.2, 0.25) is 0 Å². The Bertz CT molecular complexity index is 284. The molecule has 2 atom stereocenters. The highest BCUT2D eigenvalue weighted by molar-refractivity contribution is 7.12. The third-order valence-corrected chi connectivity index (χ3v) is 3.83. The molecule has 72 valence electrons. The van der Waals surface area contributed by atoms with Crippen molar-refractivity contribution in [2.75, 3.05) is 19.7 Å². The SMILES string of the molecule is Cc1ccc(C2CNCC2CO)s1. The standard InChI is InChI=1S/C10H15NOS/c1-7-2-3-10(13-7)9-5-11-4-8(9)6-12/h2-3,8-9,11-12H,4-6H2,1H3. The zero-order chi connectivity index (χ0) is 9.26. The highest BCUT2D eigenvalue weighted by Crippen LogP contribution is 2.32. The van der Waals surface area contributed by atoms with Crippen molar-refractivity contribution in [1.82, 2.24) is 5.32 Å². The lowest BCUT2D eigenvalue weighted by molar-refractivity contribution is 0.227. The van der Waals surface area contributed by atoms with Gasteiger partial charge in [0.05, 0.1) is 0 Å². The van der Waals surface area contributed by atoms with Crippen LogP contribution in [0.3, 0.4) is 0 Å². The topological polar surface area (TPSA) is 32.3 Å². The molecular weight excluding hydrogens is 182 g/mol. The molecule has 0 aromatic carbocycles. The largest absolute Gasteiger partial charge is 0.396 e. The molecule has 1 fully saturated rings. The van der Waals surface area contributed by atoms with Crippen LogP contribution in [0.4, 0.5) is 0 Å². The van der Waals surface area contributed by atoms with Crippen LogP contribution < -0.4 is 5.32 Å². The average Bonchev–Trinajstić information content (AvgIpc) is 2.71. The van der Waals surface area contributed by atoms with Crippen molar-refractivity contribution in [1.29, 1.82) is 0 Å². The van der Waals surface area contributed by atoms with E-state index < -0.39 is 0 Å². The van der Waals surface area contributed by atoms with Gasteiger partial charge in [-0.1, -0.05) is 0 Å². The third kappa shape index (κ3) is 1.77. The molecule has 2 N–H and O–H groups in total. The summed E-state index contributed by atoms with van der Waals surface area (Å²) in [7, 11) is 0. The predicted octanol–water partition coefficient (Wildman–Crippen LogP) is 1.35. The number of aliphatic hydroxyl groups excluding tert-OH is 1. The van der Waals surface area contributed by atoms with E-state index in [1.165, 1.54) is 9.75 Å². The van der Waals surface area contributed by atoms with E-state index in [0.717, 1.165) is 13.1 Å². The molecule has 13 heavy (non-hydrogen) atoms. The van der Waals surface area contributed by atoms with Gasteiger partial charge in [-0.05, 0) is 19.1 Å². The van der Waals surface area contributed by atoms with Crippen LogP contribution in [0.1, 0.15) is 15.7 Å². The summed E-state index contributed by atoms with van der Waals surface area (Å²) >= 11 is 1.85. The maximum atomic E-state index is 9.17. The first-order chi connectivity index (χ1) is 6.31. The van der Waals surface area contributed by atoms with E-state index in [9.17, 15) is 0 Å². The maximum absolute atomic E-state index is 9.17. The first-order valence-electron chi connectivity index (χ1n) is 4.69. The van der Waals surface area contributed by atoms with Crippen molar-refractivity contribution < 1.29 is 5.11 Å². The second kappa shape index (κ2) is 3.78. The lowest BCUT2D eigenvalue weighted by atomic mass is 9.95. The highest BCUT2D eigenvalue weighted by Gasteiger charge is 2.28. The van der Waals surface area contributed by atoms with Crippen LogP contribution in [0.5, 0.6) is 0 Å². The van der Waals surface area contributed by atoms with Crippen molar-refractivity contribution >= 4 is 11.3 Å². The Morgan fingerprint density at radius 2 is 2.38 bits per heavy atom. The molecule has 1 aliphatic rings. The van der Waals surface area contributed by atoms with E-state index in [2.05, 4.69) is 24.4 Å². The second-order valence-electron chi connectivity index (χ2n) is 3.66. The number of hydrogen-bond acceptors (Lipinski definition) is 3. The molecule has 1 saturated heterocycles. The zero-order valence-corrected chi connectivity index (χ0v) is 8.60. The first kappa shape index (κ1) is 9.19. The summed E-state index contributed by atoms with van der Waals surface area (Å²) in [4.78, 5) is 2.78. The van der Waals surface area contributed by atoms with Crippen LogP contribution in [-0.4, -0.2) is 24.8 Å². The summed E-state index contributed by atoms with van der Waals surface area (Å²) in [6, 6.07) is 4.35. The van der Waals surface area contributed by atoms with Crippen LogP contribution in [0, 0.1) is 12.8 Å². The van der Waals surface area contributed by atoms with E-state index in [1.54, 1.807) is 0 Å². The van der Waals surface area contributed by atoms with E-state index in [0.29, 0.717) is 18.4 Å². The van der Waals surface area contributed by atoms with E-state index in [-0.39, 0.29) is 0 Å². The number of nitrogens with one attached hydrogen (secondary N) is 1. The maximum Gasteiger partial charge on any atom is 0.0478 e. The number of thiophene rings is 1. The van der Waals surface area contributed by atoms with E-state index in [1.807, 2.05) is 11.3 Å². The van der Waals surface area contributed by atoms with Gasteiger partial charge in [-0.15, -0.1) is 11.3 Å². The Kier molecular flexibility index (Phi) is 2.67. The molecule has 0 spiro atoms. The normalized spacial score (nSPS) is 28.2. The van der Waals surface area contributed by atoms with Crippen molar-refractivity contribution in [3.8, 4) is 0 Å². The number of aryl methyl sites for hydroxylation is 1. The predicted molar refractivity (Wildman–Crippen MR) is 55.2 cm³/mol. The second-order valence-corrected chi connectivity index (χ2v) is 4.98. The Balaban J connectivity index is 2.15. The molecule has 0 bridgehead atoms. The summed E-state index contributed by atoms with van der Waals surface area (Å²) in [5, 5.41) is 12.5. The Morgan fingerprint density at radius 1 is 1.54 bits per heavy atom. The fourth-order valence-electron chi connectivity index (χ4n) is 1.91. The molecule has 0 radical (unpaired) electrons. The lowest BCUT2D eigenvalue weighted by Gasteiger charge is -2.13. The van der Waals surface area contributed by atoms with Crippen LogP contribution in [0.25, 0.3) is 0 Å². The van der Waals surface area contributed by atoms with Crippen LogP contribution in [-0.2, 0) is 0 Å². The van der Waals surface area contributed by atoms with Crippen molar-refractivity contribution in [3.05, 3.63) is 21.9 Å². The molecule has 1 aromatic rings. The van der Waals surface area contributed by atoms with Crippen LogP contribution in [0.15, 0.2) is 12.1 Å². The summed E-state index contributed by atoms with van der Waals surface area (Å²) in [5.74, 6) is 0.946. The molecule has 3 heteroatoms. The van der Waals surface area contributed by atoms with Crippen molar-refractivity contribution in [3.63, 3.8) is 0 Å². The lowest BCUT2D eigenvalue weighted by Crippen LogP contribution is -2.14. The molecule has 2 rings (SSSR count). The smallest absolute Gasteiger partial charge is 0.0478 e. The monoisotopic (exact) mass is 197 g/mol. The molecule has 2 nitrogen and oxygen atoms in total.